The third kappa shape index (κ3) is 5.86. The molecule has 28 heavy (non-hydrogen) atoms. The summed E-state index contributed by atoms with van der Waals surface area (Å²) in [5.41, 5.74) is 3.01. The maximum Gasteiger partial charge on any atom is 0.412 e. The highest BCUT2D eigenvalue weighted by Crippen LogP contribution is 2.29. The largest absolute Gasteiger partial charge is 0.508 e. The number of aromatic hydroxyl groups is 1. The number of nitrogens with one attached hydrogen (secondary N) is 2. The summed E-state index contributed by atoms with van der Waals surface area (Å²) in [7, 11) is 0. The van der Waals surface area contributed by atoms with Crippen molar-refractivity contribution in [2.75, 3.05) is 5.32 Å². The van der Waals surface area contributed by atoms with Gasteiger partial charge in [0.15, 0.2) is 0 Å². The van der Waals surface area contributed by atoms with Gasteiger partial charge < -0.3 is 9.84 Å². The monoisotopic (exact) mass is 381 g/mol. The number of anilines is 1. The van der Waals surface area contributed by atoms with Crippen LogP contribution >= 0.6 is 0 Å². The van der Waals surface area contributed by atoms with Crippen LogP contribution in [0.3, 0.4) is 0 Å². The molecule has 0 bridgehead atoms. The van der Waals surface area contributed by atoms with Gasteiger partial charge >= 0.3 is 6.09 Å². The molecule has 0 aliphatic heterocycles. The lowest BCUT2D eigenvalue weighted by molar-refractivity contribution is -0.124. The average molecular weight is 381 g/mol. The molecule has 2 rings (SSSR count). The Hall–Kier alpha value is -3.83. The minimum absolute atomic E-state index is 0.0624. The van der Waals surface area contributed by atoms with Gasteiger partial charge in [-0.05, 0) is 42.0 Å². The van der Waals surface area contributed by atoms with E-state index in [0.717, 1.165) is 6.08 Å². The highest BCUT2D eigenvalue weighted by atomic mass is 16.6. The number of hydrogen-bond donors (Lipinski definition) is 4. The van der Waals surface area contributed by atoms with Gasteiger partial charge in [-0.3, -0.25) is 15.3 Å². The van der Waals surface area contributed by atoms with Gasteiger partial charge in [0.05, 0.1) is 11.6 Å². The summed E-state index contributed by atoms with van der Waals surface area (Å²) < 4.78 is 5.52. The topological polar surface area (TPSA) is 132 Å². The predicted octanol–water partition coefficient (Wildman–Crippen LogP) is 3.25. The van der Waals surface area contributed by atoms with Gasteiger partial charge in [0.2, 0.25) is 0 Å². The van der Waals surface area contributed by atoms with Crippen molar-refractivity contribution in [2.24, 2.45) is 5.92 Å². The van der Waals surface area contributed by atoms with Gasteiger partial charge in [-0.1, -0.05) is 25.1 Å². The van der Waals surface area contributed by atoms with Crippen LogP contribution in [0.25, 0.3) is 0 Å². The molecule has 0 heterocycles. The molecule has 0 aliphatic rings. The second kappa shape index (κ2) is 9.75. The molecule has 2 aromatic rings. The molecule has 2 atom stereocenters. The Morgan fingerprint density at radius 2 is 1.79 bits per heavy atom. The van der Waals surface area contributed by atoms with E-state index in [9.17, 15) is 14.7 Å². The number of nitriles is 1. The van der Waals surface area contributed by atoms with Crippen LogP contribution < -0.4 is 10.8 Å². The second-order valence-corrected chi connectivity index (χ2v) is 5.93. The quantitative estimate of drug-likeness (QED) is 0.345. The van der Waals surface area contributed by atoms with Gasteiger partial charge in [-0.2, -0.15) is 5.26 Å². The lowest BCUT2D eigenvalue weighted by atomic mass is 9.96. The van der Waals surface area contributed by atoms with E-state index in [0.29, 0.717) is 16.8 Å². The molecule has 2 amide bonds. The van der Waals surface area contributed by atoms with Crippen molar-refractivity contribution in [3.8, 4) is 11.8 Å². The molecule has 0 aliphatic carbocycles. The minimum Gasteiger partial charge on any atom is -0.508 e. The van der Waals surface area contributed by atoms with Crippen LogP contribution in [-0.2, 0) is 9.53 Å². The van der Waals surface area contributed by atoms with E-state index in [1.165, 1.54) is 23.7 Å². The van der Waals surface area contributed by atoms with Crippen molar-refractivity contribution in [1.29, 1.82) is 5.26 Å². The molecule has 0 radical (unpaired) electrons. The SMILES string of the molecule is C[C@@H](/C=C/C(=O)NO)[C@H](OC(=O)Nc1ccc(C#N)cc1)c1ccc(O)cc1. The standard InChI is InChI=1S/C20H19N3O5/c1-13(2-11-18(25)23-27)19(15-5-9-17(24)10-6-15)28-20(26)22-16-7-3-14(12-21)4-8-16/h2-11,13,19,24,27H,1H3,(H,22,26)(H,23,25)/b11-2+/t13-,19-/m0/s1. The van der Waals surface area contributed by atoms with Crippen molar-refractivity contribution in [3.05, 3.63) is 71.8 Å². The van der Waals surface area contributed by atoms with Gasteiger partial charge in [-0.15, -0.1) is 0 Å². The molecular formula is C20H19N3O5. The van der Waals surface area contributed by atoms with Crippen molar-refractivity contribution in [3.63, 3.8) is 0 Å². The van der Waals surface area contributed by atoms with Crippen LogP contribution in [0.5, 0.6) is 5.75 Å². The van der Waals surface area contributed by atoms with Crippen LogP contribution in [-0.4, -0.2) is 22.3 Å². The molecule has 8 nitrogen and oxygen atoms in total. The summed E-state index contributed by atoms with van der Waals surface area (Å²) in [6, 6.07) is 14.4. The van der Waals surface area contributed by atoms with E-state index in [1.54, 1.807) is 43.3 Å². The number of phenolic OH excluding ortho intramolecular Hbond substituents is 1. The number of ether oxygens (including phenoxy) is 1. The third-order valence-electron chi connectivity index (χ3n) is 3.85. The highest BCUT2D eigenvalue weighted by Gasteiger charge is 2.22. The van der Waals surface area contributed by atoms with Crippen LogP contribution in [0.4, 0.5) is 10.5 Å². The van der Waals surface area contributed by atoms with Crippen LogP contribution in [0.15, 0.2) is 60.7 Å². The predicted molar refractivity (Wildman–Crippen MR) is 100 cm³/mol. The Morgan fingerprint density at radius 3 is 2.36 bits per heavy atom. The summed E-state index contributed by atoms with van der Waals surface area (Å²) >= 11 is 0. The molecule has 0 saturated heterocycles. The van der Waals surface area contributed by atoms with Gasteiger partial charge in [-0.25, -0.2) is 10.3 Å². The number of benzene rings is 2. The Morgan fingerprint density at radius 1 is 1.14 bits per heavy atom. The maximum absolute atomic E-state index is 12.3. The molecule has 2 aromatic carbocycles. The first kappa shape index (κ1) is 20.5. The van der Waals surface area contributed by atoms with Crippen LogP contribution in [0.2, 0.25) is 0 Å². The summed E-state index contributed by atoms with van der Waals surface area (Å²) in [6.45, 7) is 1.73. The number of carbonyl (C=O) groups excluding carboxylic acids is 2. The molecule has 0 saturated carbocycles. The first-order chi connectivity index (χ1) is 13.4. The number of hydrogen-bond acceptors (Lipinski definition) is 6. The molecule has 0 fully saturated rings. The first-order valence-electron chi connectivity index (χ1n) is 8.32. The van der Waals surface area contributed by atoms with Crippen LogP contribution in [0, 0.1) is 17.2 Å². The summed E-state index contributed by atoms with van der Waals surface area (Å²) in [5.74, 6) is -1.07. The van der Waals surface area contributed by atoms with Crippen molar-refractivity contribution in [2.45, 2.75) is 13.0 Å². The number of nitrogens with zero attached hydrogens (tertiary/aromatic N) is 1. The van der Waals surface area contributed by atoms with E-state index in [-0.39, 0.29) is 5.75 Å². The Labute approximate surface area is 161 Å². The number of hydroxylamine groups is 1. The van der Waals surface area contributed by atoms with Gasteiger partial charge in [0, 0.05) is 17.7 Å². The normalized spacial score (nSPS) is 12.6. The zero-order valence-corrected chi connectivity index (χ0v) is 15.0. The smallest absolute Gasteiger partial charge is 0.412 e. The van der Waals surface area contributed by atoms with Gasteiger partial charge in [0.25, 0.3) is 5.91 Å². The van der Waals surface area contributed by atoms with Crippen molar-refractivity contribution in [1.82, 2.24) is 5.48 Å². The zero-order chi connectivity index (χ0) is 20.5. The van der Waals surface area contributed by atoms with Crippen molar-refractivity contribution >= 4 is 17.7 Å². The molecule has 144 valence electrons. The Bertz CT molecular complexity index is 886. The van der Waals surface area contributed by atoms with E-state index in [1.807, 2.05) is 6.07 Å². The number of rotatable bonds is 6. The Balaban J connectivity index is 2.16. The molecule has 8 heteroatoms. The van der Waals surface area contributed by atoms with E-state index in [4.69, 9.17) is 15.2 Å². The number of amides is 2. The summed E-state index contributed by atoms with van der Waals surface area (Å²) in [6.07, 6.45) is 1.12. The van der Waals surface area contributed by atoms with E-state index >= 15 is 0 Å². The number of phenols is 1. The van der Waals surface area contributed by atoms with Crippen LogP contribution in [0.1, 0.15) is 24.2 Å². The molecular weight excluding hydrogens is 362 g/mol. The summed E-state index contributed by atoms with van der Waals surface area (Å²) in [5, 5.41) is 29.4. The van der Waals surface area contributed by atoms with Gasteiger partial charge in [0.1, 0.15) is 11.9 Å². The van der Waals surface area contributed by atoms with Crippen molar-refractivity contribution < 1.29 is 24.6 Å². The fraction of sp³-hybridized carbons (Fsp3) is 0.150. The fourth-order valence-corrected chi connectivity index (χ4v) is 2.41. The lowest BCUT2D eigenvalue weighted by Crippen LogP contribution is -2.22. The molecule has 4 N–H and O–H groups in total. The maximum atomic E-state index is 12.3. The third-order valence-corrected chi connectivity index (χ3v) is 3.85. The molecule has 0 spiro atoms. The second-order valence-electron chi connectivity index (χ2n) is 5.93. The average Bonchev–Trinajstić information content (AvgIpc) is 2.71. The first-order valence-corrected chi connectivity index (χ1v) is 8.32. The zero-order valence-electron chi connectivity index (χ0n) is 15.0. The Kier molecular flexibility index (Phi) is 7.13. The molecule has 0 unspecified atom stereocenters. The molecule has 0 aromatic heterocycles. The minimum atomic E-state index is -0.762. The number of carbonyl (C=O) groups is 2. The lowest BCUT2D eigenvalue weighted by Gasteiger charge is -2.23. The van der Waals surface area contributed by atoms with E-state index in [2.05, 4.69) is 5.32 Å². The fourth-order valence-electron chi connectivity index (χ4n) is 2.41. The summed E-state index contributed by atoms with van der Waals surface area (Å²) in [4.78, 5) is 23.5. The highest BCUT2D eigenvalue weighted by molar-refractivity contribution is 5.86. The van der Waals surface area contributed by atoms with E-state index < -0.39 is 24.0 Å².